The minimum absolute atomic E-state index is 0.00831. The van der Waals surface area contributed by atoms with E-state index in [9.17, 15) is 4.79 Å². The number of piperidine rings is 1. The number of nitrogens with two attached hydrogens (primary N) is 1. The number of quaternary nitrogens is 1. The molecule has 2 unspecified atom stereocenters. The monoisotopic (exact) mass is 561 g/mol. The Hall–Kier alpha value is -3.80. The van der Waals surface area contributed by atoms with E-state index in [2.05, 4.69) is 26.8 Å². The van der Waals surface area contributed by atoms with E-state index in [-0.39, 0.29) is 22.2 Å². The van der Waals surface area contributed by atoms with Gasteiger partial charge in [-0.1, -0.05) is 0 Å². The first kappa shape index (κ1) is 26.1. The zero-order valence-electron chi connectivity index (χ0n) is 23.1. The van der Waals surface area contributed by atoms with Crippen LogP contribution in [0.3, 0.4) is 0 Å². The highest BCUT2D eigenvalue weighted by Crippen LogP contribution is 2.41. The molecule has 4 atom stereocenters. The van der Waals surface area contributed by atoms with E-state index in [1.54, 1.807) is 24.5 Å². The van der Waals surface area contributed by atoms with Crippen LogP contribution >= 0.6 is 0 Å². The van der Waals surface area contributed by atoms with Gasteiger partial charge in [-0.2, -0.15) is 4.79 Å². The second-order valence-corrected chi connectivity index (χ2v) is 11.4. The highest BCUT2D eigenvalue weighted by Gasteiger charge is 2.53. The standard InChI is InChI=1S/C30H34FN6O4/c1-3-37(15-19-14-36(20-5-8-39-16-20)7-4-24(19)41-30(37)38)25-11-18-10-21(26(31)27(32)23(18)13-34-25)22-12-35-29-28(17(22)2)33-6-9-40-29/h3,10-13,19-20,24,33H,1,4-9,14-16,32H2,2H3/q+1/t19-,20?,24-,37?/m0/s1. The molecule has 4 aliphatic heterocycles. The molecular formula is C30H34FN6O4+. The fourth-order valence-electron chi connectivity index (χ4n) is 6.80. The molecule has 3 N–H and O–H groups in total. The van der Waals surface area contributed by atoms with Crippen LogP contribution in [0.1, 0.15) is 18.4 Å². The Morgan fingerprint density at radius 1 is 1.22 bits per heavy atom. The zero-order chi connectivity index (χ0) is 28.3. The third kappa shape index (κ3) is 4.13. The van der Waals surface area contributed by atoms with Gasteiger partial charge in [0, 0.05) is 67.3 Å². The lowest BCUT2D eigenvalue weighted by Crippen LogP contribution is -2.64. The fourth-order valence-corrected chi connectivity index (χ4v) is 6.80. The van der Waals surface area contributed by atoms with Crippen molar-refractivity contribution in [2.75, 3.05) is 57.1 Å². The van der Waals surface area contributed by atoms with Crippen LogP contribution in [0.5, 0.6) is 5.88 Å². The highest BCUT2D eigenvalue weighted by atomic mass is 19.1. The summed E-state index contributed by atoms with van der Waals surface area (Å²) in [6.45, 7) is 10.8. The molecule has 3 aromatic rings. The van der Waals surface area contributed by atoms with E-state index < -0.39 is 11.9 Å². The van der Waals surface area contributed by atoms with Crippen molar-refractivity contribution >= 4 is 34.1 Å². The van der Waals surface area contributed by atoms with Crippen molar-refractivity contribution in [2.24, 2.45) is 5.92 Å². The number of ether oxygens (including phenoxy) is 3. The molecule has 0 spiro atoms. The summed E-state index contributed by atoms with van der Waals surface area (Å²) in [5.74, 6) is 0.536. The van der Waals surface area contributed by atoms with Gasteiger partial charge in [-0.05, 0) is 43.4 Å². The number of halogens is 1. The predicted octanol–water partition coefficient (Wildman–Crippen LogP) is 4.21. The molecule has 214 valence electrons. The van der Waals surface area contributed by atoms with Gasteiger partial charge in [-0.3, -0.25) is 4.90 Å². The number of carbonyl (C=O) groups excluding carboxylic acids is 1. The van der Waals surface area contributed by atoms with Gasteiger partial charge in [-0.25, -0.2) is 14.4 Å². The summed E-state index contributed by atoms with van der Waals surface area (Å²) in [6, 6.07) is 3.94. The predicted molar refractivity (Wildman–Crippen MR) is 154 cm³/mol. The van der Waals surface area contributed by atoms with Gasteiger partial charge in [0.2, 0.25) is 11.7 Å². The van der Waals surface area contributed by atoms with Crippen molar-refractivity contribution in [3.8, 4) is 17.0 Å². The van der Waals surface area contributed by atoms with Gasteiger partial charge >= 0.3 is 6.09 Å². The summed E-state index contributed by atoms with van der Waals surface area (Å²) in [6.07, 6.45) is 6.02. The molecule has 3 fully saturated rings. The Morgan fingerprint density at radius 2 is 2.10 bits per heavy atom. The van der Waals surface area contributed by atoms with E-state index >= 15 is 4.39 Å². The molecule has 10 nitrogen and oxygen atoms in total. The topological polar surface area (TPSA) is 112 Å². The van der Waals surface area contributed by atoms with Gasteiger partial charge < -0.3 is 25.3 Å². The number of pyridine rings is 2. The van der Waals surface area contributed by atoms with Crippen molar-refractivity contribution in [3.05, 3.63) is 48.7 Å². The first-order chi connectivity index (χ1) is 19.9. The quantitative estimate of drug-likeness (QED) is 0.357. The molecule has 0 saturated carbocycles. The summed E-state index contributed by atoms with van der Waals surface area (Å²) >= 11 is 0. The summed E-state index contributed by atoms with van der Waals surface area (Å²) in [5.41, 5.74) is 8.80. The number of likely N-dealkylation sites (tertiary alicyclic amines) is 1. The SMILES string of the molecule is C=C[N+]1(c2cc3cc(-c4cnc5c(c4C)NCCO5)c(F)c(N)c3cn2)C[C@@H]2CN(C3CCOC3)CC[C@@H]2OC1=O. The number of nitrogens with zero attached hydrogens (tertiary/aromatic N) is 4. The van der Waals surface area contributed by atoms with Gasteiger partial charge in [0.15, 0.2) is 5.82 Å². The lowest BCUT2D eigenvalue weighted by molar-refractivity contribution is -0.0466. The molecule has 1 amide bonds. The second kappa shape index (κ2) is 9.93. The Bertz CT molecular complexity index is 1560. The Balaban J connectivity index is 1.27. The molecule has 0 radical (unpaired) electrons. The van der Waals surface area contributed by atoms with Crippen LogP contribution < -0.4 is 20.3 Å². The van der Waals surface area contributed by atoms with Crippen LogP contribution in [-0.2, 0) is 9.47 Å². The number of rotatable bonds is 4. The maximum Gasteiger partial charge on any atom is 0.527 e. The molecule has 2 aromatic heterocycles. The van der Waals surface area contributed by atoms with E-state index in [1.165, 1.54) is 6.20 Å². The first-order valence-electron chi connectivity index (χ1n) is 14.2. The van der Waals surface area contributed by atoms with Crippen LogP contribution in [-0.4, -0.2) is 79.1 Å². The van der Waals surface area contributed by atoms with Crippen molar-refractivity contribution in [3.63, 3.8) is 0 Å². The minimum Gasteiger partial charge on any atom is -0.474 e. The summed E-state index contributed by atoms with van der Waals surface area (Å²) in [7, 11) is 0. The molecule has 1 aromatic carbocycles. The van der Waals surface area contributed by atoms with E-state index in [0.29, 0.717) is 59.3 Å². The largest absolute Gasteiger partial charge is 0.527 e. The number of carbonyl (C=O) groups is 1. The number of amides is 1. The van der Waals surface area contributed by atoms with Gasteiger partial charge in [-0.15, -0.1) is 4.48 Å². The van der Waals surface area contributed by atoms with E-state index in [4.69, 9.17) is 19.9 Å². The van der Waals surface area contributed by atoms with Crippen molar-refractivity contribution < 1.29 is 23.4 Å². The average molecular weight is 562 g/mol. The zero-order valence-corrected chi connectivity index (χ0v) is 23.1. The van der Waals surface area contributed by atoms with Gasteiger partial charge in [0.25, 0.3) is 0 Å². The number of aromatic nitrogens is 2. The first-order valence-corrected chi connectivity index (χ1v) is 14.2. The van der Waals surface area contributed by atoms with Crippen LogP contribution in [0.2, 0.25) is 0 Å². The summed E-state index contributed by atoms with van der Waals surface area (Å²) in [5, 5.41) is 4.43. The normalized spacial score (nSPS) is 27.9. The lowest BCUT2D eigenvalue weighted by atomic mass is 9.90. The molecule has 11 heteroatoms. The number of nitrogens with one attached hydrogen (secondary N) is 1. The molecule has 41 heavy (non-hydrogen) atoms. The van der Waals surface area contributed by atoms with Gasteiger partial charge in [0.05, 0.1) is 18.2 Å². The number of fused-ring (bicyclic) bond motifs is 3. The van der Waals surface area contributed by atoms with Crippen LogP contribution in [0.4, 0.5) is 26.4 Å². The Labute approximate surface area is 237 Å². The van der Waals surface area contributed by atoms with Crippen LogP contribution in [0.15, 0.2) is 37.3 Å². The lowest BCUT2D eigenvalue weighted by Gasteiger charge is -2.46. The average Bonchev–Trinajstić information content (AvgIpc) is 3.54. The highest BCUT2D eigenvalue weighted by molar-refractivity contribution is 5.99. The minimum atomic E-state index is -0.542. The third-order valence-electron chi connectivity index (χ3n) is 9.16. The molecule has 3 saturated heterocycles. The van der Waals surface area contributed by atoms with Gasteiger partial charge in [0.1, 0.15) is 31.1 Å². The second-order valence-electron chi connectivity index (χ2n) is 11.4. The van der Waals surface area contributed by atoms with Crippen LogP contribution in [0, 0.1) is 18.7 Å². The fraction of sp³-hybridized carbons (Fsp3) is 0.433. The number of hydrogen-bond acceptors (Lipinski definition) is 9. The van der Waals surface area contributed by atoms with Crippen molar-refractivity contribution in [1.29, 1.82) is 0 Å². The number of nitrogen functional groups attached to an aromatic ring is 1. The van der Waals surface area contributed by atoms with Crippen molar-refractivity contribution in [1.82, 2.24) is 19.4 Å². The van der Waals surface area contributed by atoms with Crippen molar-refractivity contribution in [2.45, 2.75) is 31.9 Å². The number of benzene rings is 1. The van der Waals surface area contributed by atoms with E-state index in [1.807, 2.05) is 6.92 Å². The smallest absolute Gasteiger partial charge is 0.474 e. The maximum absolute atomic E-state index is 15.7. The van der Waals surface area contributed by atoms with Crippen LogP contribution in [0.25, 0.3) is 21.9 Å². The maximum atomic E-state index is 15.7. The Kier molecular flexibility index (Phi) is 6.33. The molecule has 6 heterocycles. The summed E-state index contributed by atoms with van der Waals surface area (Å²) in [4.78, 5) is 25.1. The molecule has 4 aliphatic rings. The Morgan fingerprint density at radius 3 is 2.90 bits per heavy atom. The molecular weight excluding hydrogens is 527 g/mol. The third-order valence-corrected chi connectivity index (χ3v) is 9.16. The molecule has 0 bridgehead atoms. The molecule has 0 aliphatic carbocycles. The summed E-state index contributed by atoms with van der Waals surface area (Å²) < 4.78 is 32.7. The van der Waals surface area contributed by atoms with E-state index in [0.717, 1.165) is 50.4 Å². The molecule has 7 rings (SSSR count). The number of hydrogen-bond donors (Lipinski definition) is 2. The number of anilines is 2.